The Morgan fingerprint density at radius 1 is 0.974 bits per heavy atom. The first kappa shape index (κ1) is 24.4. The number of phenols is 1. The highest BCUT2D eigenvalue weighted by atomic mass is 16.3. The molecule has 6 rings (SSSR count). The number of nitrogens with two attached hydrogens (primary N) is 1. The van der Waals surface area contributed by atoms with E-state index >= 15 is 0 Å². The van der Waals surface area contributed by atoms with Crippen molar-refractivity contribution < 1.29 is 29.7 Å². The first-order valence-electron chi connectivity index (χ1n) is 13.1. The number of amides is 1. The molecule has 2 aromatic carbocycles. The number of allylic oxidation sites excluding steroid dienone is 2. The van der Waals surface area contributed by atoms with Gasteiger partial charge in [0.25, 0.3) is 5.91 Å². The van der Waals surface area contributed by atoms with Crippen molar-refractivity contribution in [2.75, 3.05) is 13.1 Å². The Labute approximate surface area is 220 Å². The normalized spacial score (nSPS) is 25.3. The molecule has 1 saturated carbocycles. The van der Waals surface area contributed by atoms with Crippen molar-refractivity contribution in [3.63, 3.8) is 0 Å². The van der Waals surface area contributed by atoms with Gasteiger partial charge in [-0.05, 0) is 78.9 Å². The van der Waals surface area contributed by atoms with Crippen LogP contribution in [0.3, 0.4) is 0 Å². The van der Waals surface area contributed by atoms with Crippen molar-refractivity contribution >= 4 is 23.2 Å². The molecule has 3 unspecified atom stereocenters. The summed E-state index contributed by atoms with van der Waals surface area (Å²) < 4.78 is 0. The Balaban J connectivity index is 1.39. The third kappa shape index (κ3) is 3.82. The van der Waals surface area contributed by atoms with E-state index in [1.54, 1.807) is 0 Å². The molecular formula is C30H30N2O6. The van der Waals surface area contributed by atoms with E-state index in [0.29, 0.717) is 12.8 Å². The molecule has 1 aliphatic heterocycles. The lowest BCUT2D eigenvalue weighted by Gasteiger charge is -2.41. The SMILES string of the molecule is NC(=O)C1=C(O)C2C(=O)C3=C(O)c4c(O)ccc(-c5ccc(CN6CCCC6)cc5)c4CC3CC2CC1=O. The Morgan fingerprint density at radius 3 is 2.37 bits per heavy atom. The molecule has 1 heterocycles. The zero-order valence-electron chi connectivity index (χ0n) is 20.9. The summed E-state index contributed by atoms with van der Waals surface area (Å²) in [5.74, 6) is -5.22. The zero-order valence-corrected chi connectivity index (χ0v) is 20.9. The molecule has 5 N–H and O–H groups in total. The average molecular weight is 515 g/mol. The van der Waals surface area contributed by atoms with Gasteiger partial charge in [-0.2, -0.15) is 0 Å². The van der Waals surface area contributed by atoms with Crippen molar-refractivity contribution in [2.45, 2.75) is 38.6 Å². The number of carbonyl (C=O) groups excluding carboxylic acids is 3. The van der Waals surface area contributed by atoms with Crippen LogP contribution in [0.4, 0.5) is 0 Å². The highest BCUT2D eigenvalue weighted by molar-refractivity contribution is 6.21. The molecule has 2 fully saturated rings. The zero-order chi connectivity index (χ0) is 26.7. The number of aromatic hydroxyl groups is 1. The number of aliphatic hydroxyl groups is 2. The summed E-state index contributed by atoms with van der Waals surface area (Å²) in [6.07, 6.45) is 3.17. The van der Waals surface area contributed by atoms with Gasteiger partial charge in [0, 0.05) is 18.5 Å². The summed E-state index contributed by atoms with van der Waals surface area (Å²) in [4.78, 5) is 40.3. The van der Waals surface area contributed by atoms with E-state index in [1.165, 1.54) is 24.5 Å². The van der Waals surface area contributed by atoms with E-state index < -0.39 is 40.6 Å². The van der Waals surface area contributed by atoms with Crippen molar-refractivity contribution in [2.24, 2.45) is 23.5 Å². The van der Waals surface area contributed by atoms with Gasteiger partial charge in [-0.1, -0.05) is 30.3 Å². The topological polar surface area (TPSA) is 141 Å². The molecule has 0 aromatic heterocycles. The van der Waals surface area contributed by atoms with Crippen LogP contribution in [0.5, 0.6) is 5.75 Å². The Kier molecular flexibility index (Phi) is 5.87. The highest BCUT2D eigenvalue weighted by Crippen LogP contribution is 2.51. The predicted octanol–water partition coefficient (Wildman–Crippen LogP) is 3.57. The number of rotatable bonds is 4. The molecule has 1 saturated heterocycles. The van der Waals surface area contributed by atoms with Crippen molar-refractivity contribution in [3.05, 3.63) is 70.0 Å². The molecule has 4 aliphatic rings. The Bertz CT molecular complexity index is 1430. The van der Waals surface area contributed by atoms with E-state index in [-0.39, 0.29) is 35.0 Å². The average Bonchev–Trinajstić information content (AvgIpc) is 3.37. The minimum atomic E-state index is -1.11. The van der Waals surface area contributed by atoms with Gasteiger partial charge in [0.15, 0.2) is 11.6 Å². The summed E-state index contributed by atoms with van der Waals surface area (Å²) in [5, 5.41) is 32.7. The van der Waals surface area contributed by atoms with E-state index in [2.05, 4.69) is 17.0 Å². The van der Waals surface area contributed by atoms with Gasteiger partial charge in [0.2, 0.25) is 0 Å². The molecule has 0 spiro atoms. The number of carbonyl (C=O) groups is 3. The molecule has 8 nitrogen and oxygen atoms in total. The number of aliphatic hydroxyl groups excluding tert-OH is 2. The van der Waals surface area contributed by atoms with Crippen molar-refractivity contribution in [1.29, 1.82) is 0 Å². The second-order valence-corrected chi connectivity index (χ2v) is 10.9. The maximum atomic E-state index is 13.6. The molecule has 8 heteroatoms. The van der Waals surface area contributed by atoms with Crippen molar-refractivity contribution in [3.8, 4) is 16.9 Å². The van der Waals surface area contributed by atoms with E-state index in [0.717, 1.165) is 36.3 Å². The fourth-order valence-corrected chi connectivity index (χ4v) is 6.90. The standard InChI is InChI=1S/C30H30N2O6/c31-30(38)26-22(34)13-18-11-17-12-20-19(16-5-3-15(4-6-16)14-32-9-1-2-10-32)7-8-21(33)25(20)28(36)23(17)27(35)24(18)29(26)37/h3-8,17-18,24,33,36-37H,1-2,9-14H2,(H2,31,38). The third-order valence-electron chi connectivity index (χ3n) is 8.64. The quantitative estimate of drug-likeness (QED) is 0.457. The van der Waals surface area contributed by atoms with Gasteiger partial charge in [0.1, 0.15) is 22.8 Å². The Hall–Kier alpha value is -3.91. The molecule has 38 heavy (non-hydrogen) atoms. The number of primary amides is 1. The molecule has 196 valence electrons. The van der Waals surface area contributed by atoms with Crippen LogP contribution in [0, 0.1) is 17.8 Å². The number of nitrogens with zero attached hydrogens (tertiary/aromatic N) is 1. The Morgan fingerprint density at radius 2 is 1.68 bits per heavy atom. The summed E-state index contributed by atoms with van der Waals surface area (Å²) in [6, 6.07) is 11.6. The van der Waals surface area contributed by atoms with E-state index in [4.69, 9.17) is 5.73 Å². The number of benzene rings is 2. The van der Waals surface area contributed by atoms with E-state index in [9.17, 15) is 29.7 Å². The van der Waals surface area contributed by atoms with Crippen LogP contribution in [0.2, 0.25) is 0 Å². The van der Waals surface area contributed by atoms with Gasteiger partial charge in [-0.15, -0.1) is 0 Å². The first-order chi connectivity index (χ1) is 18.2. The summed E-state index contributed by atoms with van der Waals surface area (Å²) in [5.41, 5.74) is 8.88. The smallest absolute Gasteiger partial charge is 0.255 e. The number of Topliss-reactive ketones (excluding diaryl/α,β-unsaturated/α-hetero) is 2. The van der Waals surface area contributed by atoms with Crippen LogP contribution in [0.15, 0.2) is 53.3 Å². The monoisotopic (exact) mass is 514 g/mol. The second kappa shape index (κ2) is 9.13. The molecular weight excluding hydrogens is 484 g/mol. The lowest BCUT2D eigenvalue weighted by atomic mass is 9.61. The van der Waals surface area contributed by atoms with Crippen LogP contribution in [-0.2, 0) is 27.3 Å². The summed E-state index contributed by atoms with van der Waals surface area (Å²) in [6.45, 7) is 3.14. The summed E-state index contributed by atoms with van der Waals surface area (Å²) in [7, 11) is 0. The van der Waals surface area contributed by atoms with Gasteiger partial charge < -0.3 is 21.1 Å². The minimum Gasteiger partial charge on any atom is -0.511 e. The molecule has 3 atom stereocenters. The lowest BCUT2D eigenvalue weighted by Crippen LogP contribution is -2.44. The first-order valence-corrected chi connectivity index (χ1v) is 13.1. The predicted molar refractivity (Wildman–Crippen MR) is 140 cm³/mol. The fourth-order valence-electron chi connectivity index (χ4n) is 6.90. The van der Waals surface area contributed by atoms with Gasteiger partial charge in [0.05, 0.1) is 11.5 Å². The van der Waals surface area contributed by atoms with Crippen LogP contribution in [-0.4, -0.2) is 50.8 Å². The number of hydrogen-bond acceptors (Lipinski definition) is 7. The maximum absolute atomic E-state index is 13.6. The number of phenolic OH excluding ortho intramolecular Hbond substituents is 1. The van der Waals surface area contributed by atoms with E-state index in [1.807, 2.05) is 18.2 Å². The molecule has 1 amide bonds. The molecule has 0 radical (unpaired) electrons. The number of likely N-dealkylation sites (tertiary alicyclic amines) is 1. The largest absolute Gasteiger partial charge is 0.511 e. The van der Waals surface area contributed by atoms with Crippen LogP contribution >= 0.6 is 0 Å². The number of fused-ring (bicyclic) bond motifs is 3. The molecule has 3 aliphatic carbocycles. The van der Waals surface area contributed by atoms with Crippen LogP contribution in [0.1, 0.15) is 42.4 Å². The second-order valence-electron chi connectivity index (χ2n) is 10.9. The summed E-state index contributed by atoms with van der Waals surface area (Å²) >= 11 is 0. The fraction of sp³-hybridized carbons (Fsp3) is 0.367. The van der Waals surface area contributed by atoms with Gasteiger partial charge in [-0.3, -0.25) is 19.3 Å². The number of hydrogen-bond donors (Lipinski definition) is 4. The van der Waals surface area contributed by atoms with Crippen LogP contribution < -0.4 is 5.73 Å². The maximum Gasteiger partial charge on any atom is 0.255 e. The van der Waals surface area contributed by atoms with Crippen molar-refractivity contribution in [1.82, 2.24) is 4.90 Å². The third-order valence-corrected chi connectivity index (χ3v) is 8.64. The lowest BCUT2D eigenvalue weighted by molar-refractivity contribution is -0.127. The van der Waals surface area contributed by atoms with Gasteiger partial charge >= 0.3 is 0 Å². The highest BCUT2D eigenvalue weighted by Gasteiger charge is 2.51. The molecule has 2 aromatic rings. The van der Waals surface area contributed by atoms with Crippen LogP contribution in [0.25, 0.3) is 16.9 Å². The molecule has 0 bridgehead atoms. The minimum absolute atomic E-state index is 0.0679. The number of ketones is 2. The van der Waals surface area contributed by atoms with Gasteiger partial charge in [-0.25, -0.2) is 0 Å².